The first-order valence-electron chi connectivity index (χ1n) is 6.40. The minimum atomic E-state index is -1.13. The third-order valence-electron chi connectivity index (χ3n) is 2.28. The maximum Gasteiger partial charge on any atom is 0.407 e. The molecule has 0 aliphatic heterocycles. The standard InChI is InChI=1S/C13H25NO5/c1-8(2)6-9(10(15)7-11(16)17)14-12(18)19-13(3,4)5/h8-10,15H,6-7H2,1-5H3,(H,14,18)(H,16,17). The Morgan fingerprint density at radius 3 is 2.16 bits per heavy atom. The fraction of sp³-hybridized carbons (Fsp3) is 0.846. The van der Waals surface area contributed by atoms with Crippen molar-refractivity contribution in [2.45, 2.75) is 65.2 Å². The Bertz CT molecular complexity index is 309. The minimum absolute atomic E-state index is 0.211. The summed E-state index contributed by atoms with van der Waals surface area (Å²) in [7, 11) is 0. The van der Waals surface area contributed by atoms with Gasteiger partial charge in [0.2, 0.25) is 0 Å². The van der Waals surface area contributed by atoms with Crippen molar-refractivity contribution in [3.63, 3.8) is 0 Å². The average molecular weight is 275 g/mol. The van der Waals surface area contributed by atoms with Gasteiger partial charge in [-0.2, -0.15) is 0 Å². The molecule has 0 saturated heterocycles. The third kappa shape index (κ3) is 9.30. The minimum Gasteiger partial charge on any atom is -0.481 e. The number of amides is 1. The summed E-state index contributed by atoms with van der Waals surface area (Å²) in [5.41, 5.74) is -0.635. The van der Waals surface area contributed by atoms with Crippen molar-refractivity contribution in [3.05, 3.63) is 0 Å². The van der Waals surface area contributed by atoms with E-state index in [4.69, 9.17) is 9.84 Å². The SMILES string of the molecule is CC(C)CC(NC(=O)OC(C)(C)C)C(O)CC(=O)O. The van der Waals surface area contributed by atoms with Crippen molar-refractivity contribution in [1.29, 1.82) is 0 Å². The number of carboxylic acids is 1. The highest BCUT2D eigenvalue weighted by atomic mass is 16.6. The van der Waals surface area contributed by atoms with Crippen LogP contribution in [0.15, 0.2) is 0 Å². The molecule has 2 unspecified atom stereocenters. The number of nitrogens with one attached hydrogen (secondary N) is 1. The zero-order valence-corrected chi connectivity index (χ0v) is 12.3. The van der Waals surface area contributed by atoms with E-state index in [1.165, 1.54) is 0 Å². The van der Waals surface area contributed by atoms with Gasteiger partial charge >= 0.3 is 12.1 Å². The molecule has 0 bridgehead atoms. The van der Waals surface area contributed by atoms with Gasteiger partial charge in [0.1, 0.15) is 5.60 Å². The highest BCUT2D eigenvalue weighted by Crippen LogP contribution is 2.13. The Kier molecular flexibility index (Phi) is 6.83. The molecule has 0 radical (unpaired) electrons. The van der Waals surface area contributed by atoms with Crippen molar-refractivity contribution in [1.82, 2.24) is 5.32 Å². The number of carbonyl (C=O) groups is 2. The van der Waals surface area contributed by atoms with E-state index < -0.39 is 36.2 Å². The van der Waals surface area contributed by atoms with Crippen molar-refractivity contribution in [2.24, 2.45) is 5.92 Å². The predicted molar refractivity (Wildman–Crippen MR) is 70.9 cm³/mol. The van der Waals surface area contributed by atoms with Crippen LogP contribution in [-0.2, 0) is 9.53 Å². The molecule has 112 valence electrons. The lowest BCUT2D eigenvalue weighted by Gasteiger charge is -2.27. The van der Waals surface area contributed by atoms with Crippen molar-refractivity contribution in [2.75, 3.05) is 0 Å². The van der Waals surface area contributed by atoms with Gasteiger partial charge in [0.15, 0.2) is 0 Å². The van der Waals surface area contributed by atoms with Crippen molar-refractivity contribution >= 4 is 12.1 Å². The number of carboxylic acid groups (broad SMARTS) is 1. The fourth-order valence-electron chi connectivity index (χ4n) is 1.60. The molecular formula is C13H25NO5. The van der Waals surface area contributed by atoms with Crippen LogP contribution in [0.5, 0.6) is 0 Å². The summed E-state index contributed by atoms with van der Waals surface area (Å²) in [6.45, 7) is 9.06. The van der Waals surface area contributed by atoms with Crippen LogP contribution in [0.1, 0.15) is 47.5 Å². The molecule has 1 amide bonds. The zero-order chi connectivity index (χ0) is 15.2. The second kappa shape index (κ2) is 7.33. The highest BCUT2D eigenvalue weighted by Gasteiger charge is 2.26. The number of rotatable bonds is 6. The Morgan fingerprint density at radius 2 is 1.79 bits per heavy atom. The lowest BCUT2D eigenvalue weighted by molar-refractivity contribution is -0.139. The first-order valence-corrected chi connectivity index (χ1v) is 6.40. The zero-order valence-electron chi connectivity index (χ0n) is 12.3. The molecule has 3 N–H and O–H groups in total. The average Bonchev–Trinajstić information content (AvgIpc) is 2.11. The van der Waals surface area contributed by atoms with E-state index in [9.17, 15) is 14.7 Å². The summed E-state index contributed by atoms with van der Waals surface area (Å²) in [5, 5.41) is 21.0. The van der Waals surface area contributed by atoms with Gasteiger partial charge in [-0.05, 0) is 33.1 Å². The van der Waals surface area contributed by atoms with Crippen LogP contribution in [0.4, 0.5) is 4.79 Å². The van der Waals surface area contributed by atoms with Gasteiger partial charge in [0, 0.05) is 0 Å². The van der Waals surface area contributed by atoms with Crippen LogP contribution in [0.25, 0.3) is 0 Å². The van der Waals surface area contributed by atoms with Crippen LogP contribution in [0.3, 0.4) is 0 Å². The second-order valence-corrected chi connectivity index (χ2v) is 6.05. The summed E-state index contributed by atoms with van der Waals surface area (Å²) < 4.78 is 5.10. The number of carbonyl (C=O) groups excluding carboxylic acids is 1. The molecule has 19 heavy (non-hydrogen) atoms. The molecule has 0 aromatic carbocycles. The molecular weight excluding hydrogens is 250 g/mol. The Balaban J connectivity index is 4.58. The first kappa shape index (κ1) is 17.7. The summed E-state index contributed by atoms with van der Waals surface area (Å²) in [5.74, 6) is -0.893. The van der Waals surface area contributed by atoms with Gasteiger partial charge in [-0.25, -0.2) is 4.79 Å². The fourth-order valence-corrected chi connectivity index (χ4v) is 1.60. The molecule has 0 aliphatic carbocycles. The summed E-state index contributed by atoms with van der Waals surface area (Å²) >= 11 is 0. The monoisotopic (exact) mass is 275 g/mol. The van der Waals surface area contributed by atoms with Gasteiger partial charge in [0.05, 0.1) is 18.6 Å². The molecule has 0 aromatic rings. The lowest BCUT2D eigenvalue weighted by Crippen LogP contribution is -2.46. The van der Waals surface area contributed by atoms with Gasteiger partial charge in [-0.1, -0.05) is 13.8 Å². The van der Waals surface area contributed by atoms with E-state index >= 15 is 0 Å². The highest BCUT2D eigenvalue weighted by molar-refractivity contribution is 5.69. The maximum atomic E-state index is 11.6. The van der Waals surface area contributed by atoms with Crippen molar-refractivity contribution in [3.8, 4) is 0 Å². The van der Waals surface area contributed by atoms with Crippen LogP contribution in [0.2, 0.25) is 0 Å². The molecule has 0 rings (SSSR count). The molecule has 6 nitrogen and oxygen atoms in total. The molecule has 2 atom stereocenters. The van der Waals surface area contributed by atoms with Crippen LogP contribution < -0.4 is 5.32 Å². The molecule has 0 saturated carbocycles. The number of alkyl carbamates (subject to hydrolysis) is 1. The summed E-state index contributed by atoms with van der Waals surface area (Å²) in [6, 6.07) is -0.633. The number of aliphatic carboxylic acids is 1. The molecule has 0 aromatic heterocycles. The van der Waals surface area contributed by atoms with Gasteiger partial charge < -0.3 is 20.3 Å². The molecule has 6 heteroatoms. The Hall–Kier alpha value is -1.30. The quantitative estimate of drug-likeness (QED) is 0.686. The number of aliphatic hydroxyl groups is 1. The normalized spacial score (nSPS) is 14.9. The smallest absolute Gasteiger partial charge is 0.407 e. The van der Waals surface area contributed by atoms with E-state index in [2.05, 4.69) is 5.32 Å². The van der Waals surface area contributed by atoms with Crippen molar-refractivity contribution < 1.29 is 24.5 Å². The van der Waals surface area contributed by atoms with Gasteiger partial charge in [-0.3, -0.25) is 4.79 Å². The molecule has 0 heterocycles. The van der Waals surface area contributed by atoms with E-state index in [-0.39, 0.29) is 5.92 Å². The Labute approximate surface area is 114 Å². The van der Waals surface area contributed by atoms with E-state index in [1.807, 2.05) is 13.8 Å². The predicted octanol–water partition coefficient (Wildman–Crippen LogP) is 1.76. The summed E-state index contributed by atoms with van der Waals surface area (Å²) in [4.78, 5) is 22.3. The molecule has 0 aliphatic rings. The topological polar surface area (TPSA) is 95.9 Å². The third-order valence-corrected chi connectivity index (χ3v) is 2.28. The Morgan fingerprint density at radius 1 is 1.26 bits per heavy atom. The van der Waals surface area contributed by atoms with E-state index in [1.54, 1.807) is 20.8 Å². The number of aliphatic hydroxyl groups excluding tert-OH is 1. The van der Waals surface area contributed by atoms with Crippen LogP contribution in [-0.4, -0.2) is 40.0 Å². The second-order valence-electron chi connectivity index (χ2n) is 6.05. The van der Waals surface area contributed by atoms with Gasteiger partial charge in [0.25, 0.3) is 0 Å². The van der Waals surface area contributed by atoms with E-state index in [0.717, 1.165) is 0 Å². The number of hydrogen-bond donors (Lipinski definition) is 3. The number of ether oxygens (including phenoxy) is 1. The van der Waals surface area contributed by atoms with Crippen LogP contribution in [0, 0.1) is 5.92 Å². The lowest BCUT2D eigenvalue weighted by atomic mass is 9.97. The number of hydrogen-bond acceptors (Lipinski definition) is 4. The van der Waals surface area contributed by atoms with Crippen LogP contribution >= 0.6 is 0 Å². The van der Waals surface area contributed by atoms with E-state index in [0.29, 0.717) is 6.42 Å². The van der Waals surface area contributed by atoms with Gasteiger partial charge in [-0.15, -0.1) is 0 Å². The first-order chi connectivity index (χ1) is 8.51. The largest absolute Gasteiger partial charge is 0.481 e. The molecule has 0 fully saturated rings. The maximum absolute atomic E-state index is 11.6. The summed E-state index contributed by atoms with van der Waals surface area (Å²) in [6.07, 6.45) is -1.71. The molecule has 0 spiro atoms.